The second-order valence-electron chi connectivity index (χ2n) is 3.46. The Balaban J connectivity index is 2.63. The number of benzene rings is 1. The number of nitrogen functional groups attached to an aromatic ring is 1. The zero-order valence-corrected chi connectivity index (χ0v) is 8.96. The molecule has 0 saturated carbocycles. The van der Waals surface area contributed by atoms with Crippen molar-refractivity contribution in [2.24, 2.45) is 0 Å². The number of aromatic nitrogens is 2. The Morgan fingerprint density at radius 3 is 2.67 bits per heavy atom. The number of phenols is 1. The van der Waals surface area contributed by atoms with Crippen LogP contribution in [0, 0.1) is 5.82 Å². The van der Waals surface area contributed by atoms with E-state index in [0.717, 1.165) is 24.3 Å². The molecule has 0 saturated heterocycles. The highest BCUT2D eigenvalue weighted by atomic mass is 19.1. The van der Waals surface area contributed by atoms with Crippen LogP contribution >= 0.6 is 0 Å². The van der Waals surface area contributed by atoms with Gasteiger partial charge in [-0.1, -0.05) is 0 Å². The van der Waals surface area contributed by atoms with E-state index >= 15 is 0 Å². The maximum atomic E-state index is 13.1. The number of phenolic OH excluding ortho intramolecular Hbond substituents is 1. The Labute approximate surface area is 101 Å². The number of rotatable bonds is 2. The number of aromatic hydroxyl groups is 1. The molecule has 0 aliphatic rings. The molecule has 1 aromatic carbocycles. The van der Waals surface area contributed by atoms with Crippen LogP contribution in [0.2, 0.25) is 0 Å². The van der Waals surface area contributed by atoms with E-state index in [1.165, 1.54) is 0 Å². The molecule has 0 fully saturated rings. The van der Waals surface area contributed by atoms with Crippen LogP contribution in [0.4, 0.5) is 10.3 Å². The first-order valence-electron chi connectivity index (χ1n) is 4.84. The summed E-state index contributed by atoms with van der Waals surface area (Å²) in [6.45, 7) is 0. The summed E-state index contributed by atoms with van der Waals surface area (Å²) >= 11 is 0. The lowest BCUT2D eigenvalue weighted by Crippen LogP contribution is -2.06. The third-order valence-corrected chi connectivity index (χ3v) is 2.20. The molecule has 4 N–H and O–H groups in total. The SMILES string of the molecule is Nc1nc(C(=O)O)cc(-c2cc(F)ccc2O)n1. The van der Waals surface area contributed by atoms with Gasteiger partial charge in [-0.25, -0.2) is 19.2 Å². The Hall–Kier alpha value is -2.70. The zero-order valence-electron chi connectivity index (χ0n) is 8.96. The van der Waals surface area contributed by atoms with Crippen molar-refractivity contribution in [1.29, 1.82) is 0 Å². The van der Waals surface area contributed by atoms with Gasteiger partial charge in [0, 0.05) is 5.56 Å². The molecule has 92 valence electrons. The van der Waals surface area contributed by atoms with E-state index in [4.69, 9.17) is 10.8 Å². The summed E-state index contributed by atoms with van der Waals surface area (Å²) in [5, 5.41) is 18.4. The van der Waals surface area contributed by atoms with Crippen molar-refractivity contribution in [3.8, 4) is 17.0 Å². The molecule has 6 nitrogen and oxygen atoms in total. The molecule has 2 aromatic rings. The fourth-order valence-electron chi connectivity index (χ4n) is 1.43. The van der Waals surface area contributed by atoms with Crippen molar-refractivity contribution >= 4 is 11.9 Å². The molecule has 0 amide bonds. The molecule has 0 radical (unpaired) electrons. The molecule has 18 heavy (non-hydrogen) atoms. The van der Waals surface area contributed by atoms with Crippen molar-refractivity contribution in [3.05, 3.63) is 35.8 Å². The number of nitrogens with zero attached hydrogens (tertiary/aromatic N) is 2. The quantitative estimate of drug-likeness (QED) is 0.739. The normalized spacial score (nSPS) is 10.3. The predicted molar refractivity (Wildman–Crippen MR) is 60.5 cm³/mol. The van der Waals surface area contributed by atoms with Gasteiger partial charge in [-0.05, 0) is 24.3 Å². The van der Waals surface area contributed by atoms with Gasteiger partial charge in [0.15, 0.2) is 5.69 Å². The summed E-state index contributed by atoms with van der Waals surface area (Å²) in [7, 11) is 0. The number of nitrogens with two attached hydrogens (primary N) is 1. The average Bonchev–Trinajstić information content (AvgIpc) is 2.31. The third-order valence-electron chi connectivity index (χ3n) is 2.20. The lowest BCUT2D eigenvalue weighted by molar-refractivity contribution is 0.0690. The molecule has 2 rings (SSSR count). The van der Waals surface area contributed by atoms with Crippen molar-refractivity contribution in [1.82, 2.24) is 9.97 Å². The summed E-state index contributed by atoms with van der Waals surface area (Å²) in [5.41, 5.74) is 5.12. The predicted octanol–water partition coefficient (Wildman–Crippen LogP) is 1.27. The van der Waals surface area contributed by atoms with Gasteiger partial charge in [-0.3, -0.25) is 0 Å². The molecule has 0 spiro atoms. The first kappa shape index (κ1) is 11.8. The number of carbonyl (C=O) groups is 1. The van der Waals surface area contributed by atoms with Gasteiger partial charge in [-0.15, -0.1) is 0 Å². The van der Waals surface area contributed by atoms with Gasteiger partial charge in [0.25, 0.3) is 0 Å². The van der Waals surface area contributed by atoms with Gasteiger partial charge in [0.1, 0.15) is 11.6 Å². The Bertz CT molecular complexity index is 631. The molecule has 0 aliphatic carbocycles. The summed E-state index contributed by atoms with van der Waals surface area (Å²) in [4.78, 5) is 18.1. The van der Waals surface area contributed by atoms with E-state index in [2.05, 4.69) is 9.97 Å². The minimum absolute atomic E-state index is 0.0388. The largest absolute Gasteiger partial charge is 0.507 e. The maximum absolute atomic E-state index is 13.1. The minimum atomic E-state index is -1.29. The molecule has 0 bridgehead atoms. The summed E-state index contributed by atoms with van der Waals surface area (Å²) < 4.78 is 13.1. The summed E-state index contributed by atoms with van der Waals surface area (Å²) in [6.07, 6.45) is 0. The molecule has 7 heteroatoms. The highest BCUT2D eigenvalue weighted by molar-refractivity contribution is 5.87. The number of aromatic carboxylic acids is 1. The van der Waals surface area contributed by atoms with Crippen LogP contribution in [0.3, 0.4) is 0 Å². The van der Waals surface area contributed by atoms with Crippen LogP contribution in [0.1, 0.15) is 10.5 Å². The lowest BCUT2D eigenvalue weighted by Gasteiger charge is -2.05. The molecular weight excluding hydrogens is 241 g/mol. The van der Waals surface area contributed by atoms with E-state index in [-0.39, 0.29) is 28.6 Å². The van der Waals surface area contributed by atoms with Crippen LogP contribution < -0.4 is 5.73 Å². The number of halogens is 1. The van der Waals surface area contributed by atoms with Crippen LogP contribution in [0.5, 0.6) is 5.75 Å². The van der Waals surface area contributed by atoms with Crippen molar-refractivity contribution in [2.75, 3.05) is 5.73 Å². The zero-order chi connectivity index (χ0) is 13.3. The third kappa shape index (κ3) is 2.19. The van der Waals surface area contributed by atoms with Crippen molar-refractivity contribution in [3.63, 3.8) is 0 Å². The number of carboxylic acids is 1. The number of anilines is 1. The van der Waals surface area contributed by atoms with Crippen LogP contribution in [-0.4, -0.2) is 26.2 Å². The fraction of sp³-hybridized carbons (Fsp3) is 0. The molecule has 0 atom stereocenters. The molecular formula is C11H8FN3O3. The topological polar surface area (TPSA) is 109 Å². The van der Waals surface area contributed by atoms with Crippen LogP contribution in [-0.2, 0) is 0 Å². The first-order chi connectivity index (χ1) is 8.47. The van der Waals surface area contributed by atoms with Gasteiger partial charge in [-0.2, -0.15) is 0 Å². The second kappa shape index (κ2) is 4.28. The Morgan fingerprint density at radius 1 is 1.28 bits per heavy atom. The van der Waals surface area contributed by atoms with Crippen molar-refractivity contribution < 1.29 is 19.4 Å². The fourth-order valence-corrected chi connectivity index (χ4v) is 1.43. The van der Waals surface area contributed by atoms with Gasteiger partial charge in [0.2, 0.25) is 5.95 Å². The van der Waals surface area contributed by atoms with Crippen LogP contribution in [0.15, 0.2) is 24.3 Å². The second-order valence-corrected chi connectivity index (χ2v) is 3.46. The smallest absolute Gasteiger partial charge is 0.354 e. The Morgan fingerprint density at radius 2 is 2.00 bits per heavy atom. The number of hydrogen-bond acceptors (Lipinski definition) is 5. The van der Waals surface area contributed by atoms with Gasteiger partial charge >= 0.3 is 5.97 Å². The van der Waals surface area contributed by atoms with Gasteiger partial charge < -0.3 is 15.9 Å². The molecule has 0 unspecified atom stereocenters. The van der Waals surface area contributed by atoms with E-state index < -0.39 is 11.8 Å². The molecule has 0 aliphatic heterocycles. The minimum Gasteiger partial charge on any atom is -0.507 e. The first-order valence-corrected chi connectivity index (χ1v) is 4.84. The summed E-state index contributed by atoms with van der Waals surface area (Å²) in [6, 6.07) is 4.35. The standard InChI is InChI=1S/C11H8FN3O3/c12-5-1-2-9(16)6(3-5)7-4-8(10(17)18)15-11(13)14-7/h1-4,16H,(H,17,18)(H2,13,14,15). The average molecular weight is 249 g/mol. The number of hydrogen-bond donors (Lipinski definition) is 3. The molecule has 1 heterocycles. The lowest BCUT2D eigenvalue weighted by atomic mass is 10.1. The highest BCUT2D eigenvalue weighted by Gasteiger charge is 2.13. The van der Waals surface area contributed by atoms with E-state index in [1.807, 2.05) is 0 Å². The maximum Gasteiger partial charge on any atom is 0.354 e. The number of carboxylic acid groups (broad SMARTS) is 1. The van der Waals surface area contributed by atoms with Crippen LogP contribution in [0.25, 0.3) is 11.3 Å². The van der Waals surface area contributed by atoms with Gasteiger partial charge in [0.05, 0.1) is 5.69 Å². The Kier molecular flexibility index (Phi) is 2.80. The van der Waals surface area contributed by atoms with E-state index in [1.54, 1.807) is 0 Å². The van der Waals surface area contributed by atoms with E-state index in [9.17, 15) is 14.3 Å². The molecule has 1 aromatic heterocycles. The summed E-state index contributed by atoms with van der Waals surface area (Å²) in [5.74, 6) is -2.38. The van der Waals surface area contributed by atoms with E-state index in [0.29, 0.717) is 0 Å². The monoisotopic (exact) mass is 249 g/mol. The van der Waals surface area contributed by atoms with Crippen molar-refractivity contribution in [2.45, 2.75) is 0 Å². The highest BCUT2D eigenvalue weighted by Crippen LogP contribution is 2.28.